The molecule has 4 aromatic rings. The Bertz CT molecular complexity index is 1640. The van der Waals surface area contributed by atoms with Gasteiger partial charge in [-0.1, -0.05) is 6.07 Å². The number of anilines is 4. The molecule has 2 aromatic carbocycles. The maximum Gasteiger partial charge on any atom is 0.416 e. The Morgan fingerprint density at radius 2 is 1.78 bits per heavy atom. The number of benzene rings is 2. The van der Waals surface area contributed by atoms with E-state index in [9.17, 15) is 22.8 Å². The van der Waals surface area contributed by atoms with Gasteiger partial charge in [-0.25, -0.2) is 9.97 Å². The van der Waals surface area contributed by atoms with Crippen LogP contribution < -0.4 is 20.9 Å². The van der Waals surface area contributed by atoms with E-state index < -0.39 is 17.6 Å². The molecule has 212 valence electrons. The topological polar surface area (TPSA) is 99.2 Å². The number of hydrogen-bond donors (Lipinski definition) is 3. The molecule has 0 unspecified atom stereocenters. The maximum atomic E-state index is 13.6. The van der Waals surface area contributed by atoms with Crippen LogP contribution in [0, 0.1) is 6.92 Å². The van der Waals surface area contributed by atoms with E-state index in [2.05, 4.69) is 25.9 Å². The van der Waals surface area contributed by atoms with Crippen LogP contribution in [0.3, 0.4) is 0 Å². The van der Waals surface area contributed by atoms with Gasteiger partial charge in [-0.05, 0) is 68.5 Å². The van der Waals surface area contributed by atoms with Gasteiger partial charge in [0.2, 0.25) is 0 Å². The summed E-state index contributed by atoms with van der Waals surface area (Å²) in [7, 11) is 0. The molecule has 8 nitrogen and oxygen atoms in total. The van der Waals surface area contributed by atoms with Crippen LogP contribution in [0.2, 0.25) is 0 Å². The molecule has 1 aliphatic carbocycles. The van der Waals surface area contributed by atoms with Crippen LogP contribution in [0.1, 0.15) is 57.5 Å². The summed E-state index contributed by atoms with van der Waals surface area (Å²) in [4.78, 5) is 36.9. The monoisotopic (exact) mass is 580 g/mol. The number of hydrogen-bond acceptors (Lipinski definition) is 7. The molecule has 1 saturated carbocycles. The van der Waals surface area contributed by atoms with E-state index in [1.54, 1.807) is 23.6 Å². The highest BCUT2D eigenvalue weighted by Crippen LogP contribution is 2.35. The summed E-state index contributed by atoms with van der Waals surface area (Å²) < 4.78 is 41.7. The summed E-state index contributed by atoms with van der Waals surface area (Å²) in [6.07, 6.45) is 0.802. The van der Waals surface area contributed by atoms with Crippen molar-refractivity contribution in [2.75, 3.05) is 33.9 Å². The van der Waals surface area contributed by atoms with Crippen LogP contribution in [0.4, 0.5) is 36.1 Å². The highest BCUT2D eigenvalue weighted by molar-refractivity contribution is 7.18. The number of nitrogens with one attached hydrogen (secondary N) is 3. The van der Waals surface area contributed by atoms with Gasteiger partial charge in [-0.3, -0.25) is 9.59 Å². The number of alkyl halides is 3. The van der Waals surface area contributed by atoms with Crippen molar-refractivity contribution >= 4 is 56.2 Å². The standard InChI is InChI=1S/C29H27F3N6O2S/c1-16-4-5-20(36-27(39)17-10-18(29(30,31)32)12-21(11-17)38-8-2-3-9-38)13-23(16)37-28(40)22-14-41-25-24(22)33-15-34-26(25)35-19-6-7-19/h4-5,10-15,19H,2-3,6-9H2,1H3,(H,36,39)(H,37,40)(H,33,34,35). The first-order valence-electron chi connectivity index (χ1n) is 13.3. The molecule has 12 heteroatoms. The van der Waals surface area contributed by atoms with Gasteiger partial charge in [0.1, 0.15) is 12.1 Å². The fourth-order valence-corrected chi connectivity index (χ4v) is 5.78. The first kappa shape index (κ1) is 27.0. The molecular formula is C29H27F3N6O2S. The van der Waals surface area contributed by atoms with Crippen molar-refractivity contribution in [3.8, 4) is 0 Å². The third-order valence-electron chi connectivity index (χ3n) is 7.24. The van der Waals surface area contributed by atoms with E-state index in [-0.39, 0.29) is 11.5 Å². The van der Waals surface area contributed by atoms with Gasteiger partial charge in [-0.2, -0.15) is 13.2 Å². The molecule has 6 rings (SSSR count). The molecule has 1 saturated heterocycles. The third kappa shape index (κ3) is 5.83. The number of amides is 2. The largest absolute Gasteiger partial charge is 0.416 e. The van der Waals surface area contributed by atoms with E-state index in [1.165, 1.54) is 23.7 Å². The van der Waals surface area contributed by atoms with Crippen LogP contribution in [0.5, 0.6) is 0 Å². The number of aryl methyl sites for hydroxylation is 1. The summed E-state index contributed by atoms with van der Waals surface area (Å²) in [6, 6.07) is 8.79. The molecular weight excluding hydrogens is 553 g/mol. The zero-order valence-electron chi connectivity index (χ0n) is 22.1. The predicted molar refractivity (Wildman–Crippen MR) is 154 cm³/mol. The second-order valence-corrected chi connectivity index (χ2v) is 11.2. The number of nitrogens with zero attached hydrogens (tertiary/aromatic N) is 3. The van der Waals surface area contributed by atoms with Crippen molar-refractivity contribution in [2.24, 2.45) is 0 Å². The van der Waals surface area contributed by atoms with Crippen molar-refractivity contribution in [3.63, 3.8) is 0 Å². The highest BCUT2D eigenvalue weighted by atomic mass is 32.1. The van der Waals surface area contributed by atoms with Crippen LogP contribution >= 0.6 is 11.3 Å². The van der Waals surface area contributed by atoms with E-state index in [0.29, 0.717) is 53.1 Å². The van der Waals surface area contributed by atoms with Gasteiger partial charge in [0, 0.05) is 47.1 Å². The van der Waals surface area contributed by atoms with Gasteiger partial charge in [-0.15, -0.1) is 11.3 Å². The number of aromatic nitrogens is 2. The highest BCUT2D eigenvalue weighted by Gasteiger charge is 2.33. The summed E-state index contributed by atoms with van der Waals surface area (Å²) >= 11 is 1.39. The third-order valence-corrected chi connectivity index (χ3v) is 8.21. The Morgan fingerprint density at radius 1 is 1.00 bits per heavy atom. The molecule has 3 heterocycles. The van der Waals surface area contributed by atoms with Gasteiger partial charge < -0.3 is 20.9 Å². The summed E-state index contributed by atoms with van der Waals surface area (Å²) in [6.45, 7) is 3.10. The Kier molecular flexibility index (Phi) is 7.02. The number of halogens is 3. The molecule has 2 amide bonds. The molecule has 0 bridgehead atoms. The number of rotatable bonds is 7. The Hall–Kier alpha value is -4.19. The number of carbonyl (C=O) groups excluding carboxylic acids is 2. The lowest BCUT2D eigenvalue weighted by Crippen LogP contribution is -2.21. The van der Waals surface area contributed by atoms with Crippen molar-refractivity contribution in [2.45, 2.75) is 44.8 Å². The lowest BCUT2D eigenvalue weighted by atomic mass is 10.1. The zero-order valence-corrected chi connectivity index (χ0v) is 23.0. The lowest BCUT2D eigenvalue weighted by molar-refractivity contribution is -0.137. The number of thiophene rings is 1. The quantitative estimate of drug-likeness (QED) is 0.225. The molecule has 2 fully saturated rings. The smallest absolute Gasteiger partial charge is 0.372 e. The van der Waals surface area contributed by atoms with Crippen molar-refractivity contribution in [1.29, 1.82) is 0 Å². The van der Waals surface area contributed by atoms with E-state index in [0.717, 1.165) is 48.1 Å². The Morgan fingerprint density at radius 3 is 2.51 bits per heavy atom. The zero-order chi connectivity index (χ0) is 28.7. The van der Waals surface area contributed by atoms with E-state index >= 15 is 0 Å². The van der Waals surface area contributed by atoms with Crippen molar-refractivity contribution in [1.82, 2.24) is 9.97 Å². The van der Waals surface area contributed by atoms with Gasteiger partial charge in [0.25, 0.3) is 11.8 Å². The van der Waals surface area contributed by atoms with Crippen LogP contribution in [0.15, 0.2) is 48.1 Å². The summed E-state index contributed by atoms with van der Waals surface area (Å²) in [5.74, 6) is -0.328. The number of carbonyl (C=O) groups is 2. The van der Waals surface area contributed by atoms with Crippen LogP contribution in [-0.2, 0) is 6.18 Å². The molecule has 1 aliphatic heterocycles. The normalized spacial score (nSPS) is 15.3. The minimum absolute atomic E-state index is 0.0899. The lowest BCUT2D eigenvalue weighted by Gasteiger charge is -2.20. The fourth-order valence-electron chi connectivity index (χ4n) is 4.83. The SMILES string of the molecule is Cc1ccc(NC(=O)c2cc(N3CCCC3)cc(C(F)(F)F)c2)cc1NC(=O)c1csc2c(NC3CC3)ncnc12. The molecule has 41 heavy (non-hydrogen) atoms. The number of fused-ring (bicyclic) bond motifs is 1. The Balaban J connectivity index is 1.22. The summed E-state index contributed by atoms with van der Waals surface area (Å²) in [5.41, 5.74) is 1.91. The minimum Gasteiger partial charge on any atom is -0.372 e. The minimum atomic E-state index is -4.59. The van der Waals surface area contributed by atoms with E-state index in [4.69, 9.17) is 0 Å². The maximum absolute atomic E-state index is 13.6. The molecule has 2 aromatic heterocycles. The van der Waals surface area contributed by atoms with Gasteiger partial charge in [0.15, 0.2) is 0 Å². The van der Waals surface area contributed by atoms with E-state index in [1.807, 2.05) is 11.8 Å². The first-order chi connectivity index (χ1) is 19.7. The van der Waals surface area contributed by atoms with Gasteiger partial charge in [0.05, 0.1) is 21.3 Å². The van der Waals surface area contributed by atoms with Crippen molar-refractivity contribution < 1.29 is 22.8 Å². The fraction of sp³-hybridized carbons (Fsp3) is 0.310. The first-order valence-corrected chi connectivity index (χ1v) is 14.2. The molecule has 3 N–H and O–H groups in total. The summed E-state index contributed by atoms with van der Waals surface area (Å²) in [5, 5.41) is 10.7. The molecule has 0 radical (unpaired) electrons. The van der Waals surface area contributed by atoms with Gasteiger partial charge >= 0.3 is 6.18 Å². The van der Waals surface area contributed by atoms with Crippen LogP contribution in [0.25, 0.3) is 10.2 Å². The molecule has 2 aliphatic rings. The predicted octanol–water partition coefficient (Wildman–Crippen LogP) is 6.70. The Labute approximate surface area is 238 Å². The average Bonchev–Trinajstić information content (AvgIpc) is 3.40. The molecule has 0 atom stereocenters. The second kappa shape index (κ2) is 10.7. The second-order valence-electron chi connectivity index (χ2n) is 10.4. The molecule has 0 spiro atoms. The average molecular weight is 581 g/mol. The van der Waals surface area contributed by atoms with Crippen molar-refractivity contribution in [3.05, 3.63) is 70.4 Å². The van der Waals surface area contributed by atoms with Crippen LogP contribution in [-0.4, -0.2) is 40.9 Å².